The Morgan fingerprint density at radius 1 is 0.786 bits per heavy atom. The van der Waals surface area contributed by atoms with Crippen molar-refractivity contribution in [3.63, 3.8) is 0 Å². The van der Waals surface area contributed by atoms with Gasteiger partial charge in [0.15, 0.2) is 0 Å². The van der Waals surface area contributed by atoms with Gasteiger partial charge in [0.2, 0.25) is 6.04 Å². The minimum Gasteiger partial charge on any atom is -0.309 e. The van der Waals surface area contributed by atoms with E-state index in [0.717, 1.165) is 33.1 Å². The van der Waals surface area contributed by atoms with Gasteiger partial charge in [0, 0.05) is 21.4 Å². The van der Waals surface area contributed by atoms with Crippen molar-refractivity contribution >= 4 is 21.8 Å². The Morgan fingerprint density at radius 2 is 1.50 bits per heavy atom. The van der Waals surface area contributed by atoms with Crippen LogP contribution in [-0.4, -0.2) is 15.5 Å². The normalized spacial score (nSPS) is 18.7. The average Bonchev–Trinajstić information content (AvgIpc) is 3.08. The summed E-state index contributed by atoms with van der Waals surface area (Å²) in [6.07, 6.45) is 7.24. The van der Waals surface area contributed by atoms with E-state index >= 15 is 0 Å². The number of rotatable bonds is 3. The maximum Gasteiger partial charge on any atom is 0.241 e. The lowest BCUT2D eigenvalue weighted by Crippen LogP contribution is -2.25. The molecule has 5 rings (SSSR count). The molecule has 4 nitrogen and oxygen atoms in total. The van der Waals surface area contributed by atoms with Crippen LogP contribution in [0.4, 0.5) is 0 Å². The molecule has 0 radical (unpaired) electrons. The first-order valence-electron chi connectivity index (χ1n) is 9.31. The van der Waals surface area contributed by atoms with Crippen LogP contribution in [0.15, 0.2) is 97.1 Å². The fourth-order valence-electron chi connectivity index (χ4n) is 4.16. The first-order chi connectivity index (χ1) is 13.7. The molecule has 0 bridgehead atoms. The predicted molar refractivity (Wildman–Crippen MR) is 113 cm³/mol. The third-order valence-corrected chi connectivity index (χ3v) is 5.45. The van der Waals surface area contributed by atoms with Gasteiger partial charge in [-0.3, -0.25) is 10.1 Å². The van der Waals surface area contributed by atoms with Crippen molar-refractivity contribution in [3.8, 4) is 5.69 Å². The van der Waals surface area contributed by atoms with Crippen molar-refractivity contribution in [2.24, 2.45) is 0 Å². The molecule has 0 amide bonds. The maximum absolute atomic E-state index is 11.5. The second-order valence-corrected chi connectivity index (χ2v) is 7.04. The van der Waals surface area contributed by atoms with Crippen molar-refractivity contribution in [1.82, 2.24) is 4.57 Å². The van der Waals surface area contributed by atoms with Crippen molar-refractivity contribution in [1.29, 1.82) is 0 Å². The molecular formula is C24H18N2O2. The molecule has 1 aliphatic carbocycles. The van der Waals surface area contributed by atoms with Gasteiger partial charge in [0.05, 0.1) is 17.0 Å². The molecule has 0 fully saturated rings. The van der Waals surface area contributed by atoms with E-state index < -0.39 is 6.04 Å². The first-order valence-corrected chi connectivity index (χ1v) is 9.31. The van der Waals surface area contributed by atoms with Gasteiger partial charge >= 0.3 is 0 Å². The summed E-state index contributed by atoms with van der Waals surface area (Å²) in [4.78, 5) is 11.3. The second kappa shape index (κ2) is 6.50. The summed E-state index contributed by atoms with van der Waals surface area (Å²) in [6, 6.07) is 24.1. The van der Waals surface area contributed by atoms with Gasteiger partial charge in [-0.05, 0) is 42.0 Å². The number of nitro groups is 1. The van der Waals surface area contributed by atoms with Crippen molar-refractivity contribution in [3.05, 3.63) is 113 Å². The van der Waals surface area contributed by atoms with Crippen LogP contribution < -0.4 is 0 Å². The van der Waals surface area contributed by atoms with Gasteiger partial charge in [-0.1, -0.05) is 60.7 Å². The second-order valence-electron chi connectivity index (χ2n) is 7.04. The van der Waals surface area contributed by atoms with Gasteiger partial charge in [-0.15, -0.1) is 0 Å². The molecule has 0 saturated carbocycles. The number of nitrogens with zero attached hydrogens (tertiary/aromatic N) is 2. The number of para-hydroxylation sites is 2. The molecule has 0 spiro atoms. The lowest BCUT2D eigenvalue weighted by atomic mass is 9.88. The Kier molecular flexibility index (Phi) is 3.83. The van der Waals surface area contributed by atoms with E-state index in [9.17, 15) is 10.1 Å². The minimum absolute atomic E-state index is 0.206. The van der Waals surface area contributed by atoms with E-state index in [-0.39, 0.29) is 10.8 Å². The van der Waals surface area contributed by atoms with E-state index in [1.54, 1.807) is 12.2 Å². The van der Waals surface area contributed by atoms with Crippen LogP contribution in [-0.2, 0) is 0 Å². The molecule has 2 atom stereocenters. The SMILES string of the molecule is O=[N+]([O-])C1C=CC=CC1c1ccc2c(c1)c1ccccc1n2-c1ccccc1. The molecule has 2 unspecified atom stereocenters. The molecule has 1 heterocycles. The Labute approximate surface area is 162 Å². The van der Waals surface area contributed by atoms with Crippen LogP contribution in [0.5, 0.6) is 0 Å². The smallest absolute Gasteiger partial charge is 0.241 e. The highest BCUT2D eigenvalue weighted by Gasteiger charge is 2.30. The van der Waals surface area contributed by atoms with Gasteiger partial charge in [-0.25, -0.2) is 0 Å². The van der Waals surface area contributed by atoms with E-state index in [0.29, 0.717) is 0 Å². The lowest BCUT2D eigenvalue weighted by molar-refractivity contribution is -0.511. The van der Waals surface area contributed by atoms with Crippen LogP contribution in [0.2, 0.25) is 0 Å². The summed E-state index contributed by atoms with van der Waals surface area (Å²) >= 11 is 0. The molecule has 0 N–H and O–H groups in total. The van der Waals surface area contributed by atoms with Gasteiger partial charge in [0.1, 0.15) is 0 Å². The van der Waals surface area contributed by atoms with Crippen LogP contribution in [0.3, 0.4) is 0 Å². The molecule has 4 heteroatoms. The highest BCUT2D eigenvalue weighted by molar-refractivity contribution is 6.09. The summed E-state index contributed by atoms with van der Waals surface area (Å²) in [6.45, 7) is 0. The highest BCUT2D eigenvalue weighted by atomic mass is 16.6. The fraction of sp³-hybridized carbons (Fsp3) is 0.0833. The highest BCUT2D eigenvalue weighted by Crippen LogP contribution is 2.35. The molecule has 28 heavy (non-hydrogen) atoms. The molecule has 0 saturated heterocycles. The average molecular weight is 366 g/mol. The summed E-state index contributed by atoms with van der Waals surface area (Å²) < 4.78 is 2.25. The predicted octanol–water partition coefficient (Wildman–Crippen LogP) is 5.64. The lowest BCUT2D eigenvalue weighted by Gasteiger charge is -2.18. The van der Waals surface area contributed by atoms with E-state index in [1.807, 2.05) is 48.6 Å². The number of aromatic nitrogens is 1. The van der Waals surface area contributed by atoms with Crippen molar-refractivity contribution in [2.45, 2.75) is 12.0 Å². The molecule has 1 aliphatic rings. The third-order valence-electron chi connectivity index (χ3n) is 5.45. The molecule has 3 aromatic carbocycles. The number of allylic oxidation sites excluding steroid dienone is 2. The maximum atomic E-state index is 11.5. The number of fused-ring (bicyclic) bond motifs is 3. The van der Waals surface area contributed by atoms with Crippen LogP contribution in [0, 0.1) is 10.1 Å². The van der Waals surface area contributed by atoms with Crippen LogP contribution >= 0.6 is 0 Å². The van der Waals surface area contributed by atoms with Crippen LogP contribution in [0.25, 0.3) is 27.5 Å². The zero-order chi connectivity index (χ0) is 19.1. The Balaban J connectivity index is 1.75. The molecule has 136 valence electrons. The summed E-state index contributed by atoms with van der Waals surface area (Å²) in [7, 11) is 0. The number of benzene rings is 3. The quantitative estimate of drug-likeness (QED) is 0.348. The van der Waals surface area contributed by atoms with Crippen molar-refractivity contribution < 1.29 is 4.92 Å². The summed E-state index contributed by atoms with van der Waals surface area (Å²) in [5.74, 6) is -0.261. The summed E-state index contributed by atoms with van der Waals surface area (Å²) in [5.41, 5.74) is 4.30. The number of hydrogen-bond acceptors (Lipinski definition) is 2. The Hall–Kier alpha value is -3.66. The van der Waals surface area contributed by atoms with Gasteiger partial charge in [0.25, 0.3) is 0 Å². The van der Waals surface area contributed by atoms with E-state index in [1.165, 1.54) is 0 Å². The zero-order valence-electron chi connectivity index (χ0n) is 15.1. The first kappa shape index (κ1) is 16.5. The van der Waals surface area contributed by atoms with E-state index in [2.05, 4.69) is 41.0 Å². The number of hydrogen-bond donors (Lipinski definition) is 0. The monoisotopic (exact) mass is 366 g/mol. The third kappa shape index (κ3) is 2.54. The molecular weight excluding hydrogens is 348 g/mol. The minimum atomic E-state index is -0.732. The topological polar surface area (TPSA) is 48.1 Å². The van der Waals surface area contributed by atoms with Gasteiger partial charge < -0.3 is 4.57 Å². The Morgan fingerprint density at radius 3 is 2.32 bits per heavy atom. The molecule has 1 aromatic heterocycles. The Bertz CT molecular complexity index is 1250. The molecule has 0 aliphatic heterocycles. The van der Waals surface area contributed by atoms with Crippen molar-refractivity contribution in [2.75, 3.05) is 0 Å². The fourth-order valence-corrected chi connectivity index (χ4v) is 4.16. The zero-order valence-corrected chi connectivity index (χ0v) is 15.1. The summed E-state index contributed by atoms with van der Waals surface area (Å²) in [5, 5.41) is 13.8. The van der Waals surface area contributed by atoms with Gasteiger partial charge in [-0.2, -0.15) is 0 Å². The van der Waals surface area contributed by atoms with E-state index in [4.69, 9.17) is 0 Å². The largest absolute Gasteiger partial charge is 0.309 e. The van der Waals surface area contributed by atoms with Crippen LogP contribution in [0.1, 0.15) is 11.5 Å². The molecule has 4 aromatic rings. The standard InChI is InChI=1S/C24H18N2O2/c27-26(28)24-13-7-4-10-19(24)17-14-15-23-21(16-17)20-11-5-6-12-22(20)25(23)18-8-2-1-3-9-18/h1-16,19,24H.